The zero-order valence-electron chi connectivity index (χ0n) is 13.8. The van der Waals surface area contributed by atoms with Crippen LogP contribution in [0.3, 0.4) is 0 Å². The molecule has 0 unspecified atom stereocenters. The quantitative estimate of drug-likeness (QED) is 0.710. The van der Waals surface area contributed by atoms with Crippen molar-refractivity contribution in [2.45, 2.75) is 64.4 Å². The van der Waals surface area contributed by atoms with Gasteiger partial charge in [0.05, 0.1) is 5.88 Å². The van der Waals surface area contributed by atoms with Crippen molar-refractivity contribution in [3.63, 3.8) is 0 Å². The van der Waals surface area contributed by atoms with Crippen molar-refractivity contribution in [1.29, 1.82) is 0 Å². The van der Waals surface area contributed by atoms with E-state index in [-0.39, 0.29) is 18.0 Å². The van der Waals surface area contributed by atoms with Gasteiger partial charge in [-0.1, -0.05) is 13.8 Å². The van der Waals surface area contributed by atoms with Crippen molar-refractivity contribution >= 4 is 21.6 Å². The zero-order chi connectivity index (χ0) is 16.4. The third-order valence-corrected chi connectivity index (χ3v) is 5.61. The van der Waals surface area contributed by atoms with Gasteiger partial charge in [0.2, 0.25) is 10.0 Å². The molecular weight excluding hydrogens is 308 g/mol. The van der Waals surface area contributed by atoms with E-state index in [2.05, 4.69) is 0 Å². The molecule has 1 heterocycles. The molecular formula is C15H27ClN2O2S. The summed E-state index contributed by atoms with van der Waals surface area (Å²) in [5.74, 6) is 0.585. The summed E-state index contributed by atoms with van der Waals surface area (Å²) < 4.78 is 29.3. The van der Waals surface area contributed by atoms with Crippen LogP contribution in [-0.4, -0.2) is 29.9 Å². The second-order valence-corrected chi connectivity index (χ2v) is 8.52. The Hall–Kier alpha value is -0.520. The van der Waals surface area contributed by atoms with E-state index >= 15 is 0 Å². The Kier molecular flexibility index (Phi) is 6.32. The van der Waals surface area contributed by atoms with E-state index in [0.29, 0.717) is 17.3 Å². The minimum atomic E-state index is -3.49. The molecule has 4 nitrogen and oxygen atoms in total. The van der Waals surface area contributed by atoms with E-state index in [0.717, 1.165) is 5.69 Å². The number of sulfonamides is 1. The van der Waals surface area contributed by atoms with E-state index in [1.165, 1.54) is 0 Å². The summed E-state index contributed by atoms with van der Waals surface area (Å²) >= 11 is 5.94. The van der Waals surface area contributed by atoms with Gasteiger partial charge in [-0.05, 0) is 39.7 Å². The molecule has 0 spiro atoms. The molecule has 0 aliphatic carbocycles. The third-order valence-electron chi connectivity index (χ3n) is 3.33. The van der Waals surface area contributed by atoms with Crippen LogP contribution in [0.4, 0.5) is 0 Å². The molecule has 0 saturated heterocycles. The number of aromatic nitrogens is 1. The fourth-order valence-corrected chi connectivity index (χ4v) is 4.37. The van der Waals surface area contributed by atoms with Gasteiger partial charge in [-0.3, -0.25) is 0 Å². The average Bonchev–Trinajstić information content (AvgIpc) is 2.80. The summed E-state index contributed by atoms with van der Waals surface area (Å²) in [6, 6.07) is 1.80. The van der Waals surface area contributed by atoms with Crippen LogP contribution in [0.15, 0.2) is 17.2 Å². The van der Waals surface area contributed by atoms with Crippen molar-refractivity contribution in [1.82, 2.24) is 8.87 Å². The predicted molar refractivity (Wildman–Crippen MR) is 88.2 cm³/mol. The van der Waals surface area contributed by atoms with Crippen LogP contribution < -0.4 is 0 Å². The highest BCUT2D eigenvalue weighted by molar-refractivity contribution is 7.89. The molecule has 0 N–H and O–H groups in total. The molecule has 122 valence electrons. The van der Waals surface area contributed by atoms with E-state index in [9.17, 15) is 8.42 Å². The molecule has 1 aromatic heterocycles. The molecule has 0 atom stereocenters. The maximum Gasteiger partial charge on any atom is 0.244 e. The fourth-order valence-electron chi connectivity index (χ4n) is 2.31. The molecule has 0 amide bonds. The van der Waals surface area contributed by atoms with Gasteiger partial charge in [0.1, 0.15) is 4.90 Å². The Labute approximate surface area is 134 Å². The lowest BCUT2D eigenvalue weighted by atomic mass is 10.2. The lowest BCUT2D eigenvalue weighted by Crippen LogP contribution is -2.39. The first kappa shape index (κ1) is 18.5. The summed E-state index contributed by atoms with van der Waals surface area (Å²) in [5, 5.41) is 0. The highest BCUT2D eigenvalue weighted by atomic mass is 35.5. The molecule has 0 bridgehead atoms. The van der Waals surface area contributed by atoms with E-state index < -0.39 is 10.0 Å². The van der Waals surface area contributed by atoms with Crippen molar-refractivity contribution in [2.24, 2.45) is 5.92 Å². The van der Waals surface area contributed by atoms with Crippen molar-refractivity contribution in [3.05, 3.63) is 18.0 Å². The molecule has 1 rings (SSSR count). The lowest BCUT2D eigenvalue weighted by Gasteiger charge is -2.27. The second kappa shape index (κ2) is 7.16. The maximum atomic E-state index is 12.9. The van der Waals surface area contributed by atoms with Crippen molar-refractivity contribution in [3.8, 4) is 0 Å². The molecule has 1 aromatic rings. The summed E-state index contributed by atoms with van der Waals surface area (Å²) in [6.07, 6.45) is 1.70. The van der Waals surface area contributed by atoms with Crippen molar-refractivity contribution in [2.75, 3.05) is 6.54 Å². The van der Waals surface area contributed by atoms with E-state index in [1.807, 2.05) is 46.1 Å². The first-order valence-corrected chi connectivity index (χ1v) is 9.37. The van der Waals surface area contributed by atoms with Crippen LogP contribution in [0.25, 0.3) is 0 Å². The molecule has 0 aromatic carbocycles. The fraction of sp³-hybridized carbons (Fsp3) is 0.733. The van der Waals surface area contributed by atoms with Gasteiger partial charge in [0, 0.05) is 30.5 Å². The second-order valence-electron chi connectivity index (χ2n) is 6.36. The first-order valence-electron chi connectivity index (χ1n) is 7.39. The largest absolute Gasteiger partial charge is 0.346 e. The van der Waals surface area contributed by atoms with Crippen LogP contribution in [0.1, 0.15) is 53.3 Å². The van der Waals surface area contributed by atoms with Crippen LogP contribution in [-0.2, 0) is 15.9 Å². The third kappa shape index (κ3) is 4.24. The van der Waals surface area contributed by atoms with Gasteiger partial charge in [0.25, 0.3) is 0 Å². The molecule has 6 heteroatoms. The Morgan fingerprint density at radius 2 is 1.76 bits per heavy atom. The van der Waals surface area contributed by atoms with Gasteiger partial charge >= 0.3 is 0 Å². The Balaban J connectivity index is 3.28. The van der Waals surface area contributed by atoms with Gasteiger partial charge in [-0.2, -0.15) is 4.31 Å². The lowest BCUT2D eigenvalue weighted by molar-refractivity contribution is 0.319. The molecule has 0 saturated carbocycles. The molecule has 21 heavy (non-hydrogen) atoms. The Morgan fingerprint density at radius 3 is 2.10 bits per heavy atom. The van der Waals surface area contributed by atoms with Gasteiger partial charge in [0.15, 0.2) is 0 Å². The normalized spacial score (nSPS) is 13.1. The van der Waals surface area contributed by atoms with Crippen LogP contribution in [0.2, 0.25) is 0 Å². The Morgan fingerprint density at radius 1 is 1.19 bits per heavy atom. The van der Waals surface area contributed by atoms with Gasteiger partial charge in [-0.15, -0.1) is 11.6 Å². The number of hydrogen-bond acceptors (Lipinski definition) is 2. The number of halogens is 1. The summed E-state index contributed by atoms with van der Waals surface area (Å²) in [6.45, 7) is 12.4. The molecule has 0 fully saturated rings. The number of nitrogens with zero attached hydrogens (tertiary/aromatic N) is 2. The minimum Gasteiger partial charge on any atom is -0.346 e. The Bertz CT molecular complexity index is 562. The SMILES string of the molecule is CC(C)CN(C(C)C)S(=O)(=O)c1cc(CCl)n(C(C)C)c1. The summed E-state index contributed by atoms with van der Waals surface area (Å²) in [5.41, 5.74) is 0.832. The van der Waals surface area contributed by atoms with Crippen molar-refractivity contribution < 1.29 is 8.42 Å². The summed E-state index contributed by atoms with van der Waals surface area (Å²) in [7, 11) is -3.49. The topological polar surface area (TPSA) is 42.3 Å². The number of alkyl halides is 1. The van der Waals surface area contributed by atoms with E-state index in [1.54, 1.807) is 16.6 Å². The zero-order valence-corrected chi connectivity index (χ0v) is 15.4. The highest BCUT2D eigenvalue weighted by Gasteiger charge is 2.29. The number of rotatable bonds is 7. The first-order chi connectivity index (χ1) is 9.61. The highest BCUT2D eigenvalue weighted by Crippen LogP contribution is 2.25. The smallest absolute Gasteiger partial charge is 0.244 e. The summed E-state index contributed by atoms with van der Waals surface area (Å²) in [4.78, 5) is 0.334. The number of hydrogen-bond donors (Lipinski definition) is 0. The van der Waals surface area contributed by atoms with Crippen LogP contribution >= 0.6 is 11.6 Å². The van der Waals surface area contributed by atoms with Crippen LogP contribution in [0, 0.1) is 5.92 Å². The standard InChI is InChI=1S/C15H27ClN2O2S/c1-11(2)9-18(13(5)6)21(19,20)15-7-14(8-16)17(10-15)12(3)4/h7,10-13H,8-9H2,1-6H3. The van der Waals surface area contributed by atoms with Gasteiger partial charge in [-0.25, -0.2) is 8.42 Å². The minimum absolute atomic E-state index is 0.0701. The van der Waals surface area contributed by atoms with Crippen LogP contribution in [0.5, 0.6) is 0 Å². The maximum absolute atomic E-state index is 12.9. The van der Waals surface area contributed by atoms with Gasteiger partial charge < -0.3 is 4.57 Å². The predicted octanol–water partition coefficient (Wildman–Crippen LogP) is 3.86. The van der Waals surface area contributed by atoms with E-state index in [4.69, 9.17) is 11.6 Å². The monoisotopic (exact) mass is 334 g/mol. The molecule has 0 aliphatic rings. The molecule has 0 aliphatic heterocycles. The molecule has 0 radical (unpaired) electrons. The average molecular weight is 335 g/mol.